The Labute approximate surface area is 200 Å². The van der Waals surface area contributed by atoms with E-state index in [4.69, 9.17) is 10.6 Å². The van der Waals surface area contributed by atoms with E-state index < -0.39 is 29.2 Å². The number of carboxylic acids is 1. The maximum atomic E-state index is 12.9. The molecule has 4 rings (SSSR count). The highest BCUT2D eigenvalue weighted by Gasteiger charge is 2.54. The van der Waals surface area contributed by atoms with Gasteiger partial charge in [-0.15, -0.1) is 34.4 Å². The van der Waals surface area contributed by atoms with Gasteiger partial charge in [-0.3, -0.25) is 14.5 Å². The number of oxime groups is 1. The second-order valence-corrected chi connectivity index (χ2v) is 10.1. The number of hydrogen-bond acceptors (Lipinski definition) is 11. The van der Waals surface area contributed by atoms with Gasteiger partial charge in [0, 0.05) is 22.2 Å². The summed E-state index contributed by atoms with van der Waals surface area (Å²) in [6.07, 6.45) is 5.17. The first kappa shape index (κ1) is 22.9. The van der Waals surface area contributed by atoms with Crippen LogP contribution in [0.15, 0.2) is 34.1 Å². The minimum absolute atomic E-state index is 0.0928. The van der Waals surface area contributed by atoms with Crippen molar-refractivity contribution in [3.63, 3.8) is 0 Å². The van der Waals surface area contributed by atoms with Crippen LogP contribution in [0.2, 0.25) is 0 Å². The average molecular weight is 507 g/mol. The number of nitrogens with zero attached hydrogens (tertiary/aromatic N) is 4. The smallest absolute Gasteiger partial charge is 0.352 e. The van der Waals surface area contributed by atoms with E-state index >= 15 is 0 Å². The fraction of sp³-hybridized carbons (Fsp3) is 0.263. The normalized spacial score (nSPS) is 20.6. The Morgan fingerprint density at radius 1 is 1.42 bits per heavy atom. The van der Waals surface area contributed by atoms with Crippen LogP contribution in [0, 0.1) is 6.92 Å². The van der Waals surface area contributed by atoms with Crippen LogP contribution in [-0.4, -0.2) is 67.7 Å². The molecule has 172 valence electrons. The number of thiazole rings is 2. The molecule has 2 aliphatic rings. The van der Waals surface area contributed by atoms with Gasteiger partial charge >= 0.3 is 5.97 Å². The number of thioether (sulfide) groups is 1. The number of nitrogens with one attached hydrogen (secondary N) is 1. The van der Waals surface area contributed by atoms with Crippen LogP contribution in [0.5, 0.6) is 0 Å². The molecule has 4 N–H and O–H groups in total. The number of hydrogen-bond donors (Lipinski definition) is 3. The lowest BCUT2D eigenvalue weighted by atomic mass is 10.0. The van der Waals surface area contributed by atoms with E-state index in [1.54, 1.807) is 23.7 Å². The van der Waals surface area contributed by atoms with Gasteiger partial charge in [-0.1, -0.05) is 11.2 Å². The maximum Gasteiger partial charge on any atom is 0.352 e. The molecule has 33 heavy (non-hydrogen) atoms. The van der Waals surface area contributed by atoms with Crippen molar-refractivity contribution in [2.45, 2.75) is 18.3 Å². The van der Waals surface area contributed by atoms with Crippen molar-refractivity contribution in [3.8, 4) is 0 Å². The lowest BCUT2D eigenvalue weighted by Crippen LogP contribution is -2.71. The van der Waals surface area contributed by atoms with Crippen LogP contribution in [0.4, 0.5) is 5.13 Å². The third-order valence-electron chi connectivity index (χ3n) is 4.74. The molecule has 2 aromatic rings. The first-order valence-corrected chi connectivity index (χ1v) is 12.2. The Morgan fingerprint density at radius 3 is 2.82 bits per heavy atom. The van der Waals surface area contributed by atoms with Crippen LogP contribution >= 0.6 is 34.4 Å². The first-order chi connectivity index (χ1) is 15.8. The SMILES string of the molecule is CON=C(C(=O)NC1C(=O)N2C(C(=O)O)=C(C=Cc3cnc(C)s3)CS[C@@H]12)c1csc(N)n1. The molecule has 14 heteroatoms. The lowest BCUT2D eigenvalue weighted by molar-refractivity contribution is -0.150. The molecule has 0 spiro atoms. The fourth-order valence-corrected chi connectivity index (χ4v) is 5.86. The average Bonchev–Trinajstić information content (AvgIpc) is 3.40. The van der Waals surface area contributed by atoms with Crippen LogP contribution in [-0.2, 0) is 19.2 Å². The Morgan fingerprint density at radius 2 is 2.21 bits per heavy atom. The standard InChI is InChI=1S/C19H18N6O5S3/c1-8-21-5-10(33-8)4-3-9-6-31-17-13(16(27)25(17)14(9)18(28)29)23-15(26)12(24-30-2)11-7-32-19(20)22-11/h3-5,7,13,17H,6H2,1-2H3,(H2,20,22)(H,23,26)(H,28,29)/t13?,17-/m0/s1. The van der Waals surface area contributed by atoms with Crippen molar-refractivity contribution in [2.24, 2.45) is 5.16 Å². The number of carboxylic acid groups (broad SMARTS) is 1. The summed E-state index contributed by atoms with van der Waals surface area (Å²) in [6.45, 7) is 1.88. The predicted octanol–water partition coefficient (Wildman–Crippen LogP) is 1.29. The molecule has 1 saturated heterocycles. The number of β-lactam (4-membered cyclic amide) rings is 1. The van der Waals surface area contributed by atoms with Crippen molar-refractivity contribution in [1.82, 2.24) is 20.2 Å². The molecule has 2 amide bonds. The monoisotopic (exact) mass is 506 g/mol. The number of fused-ring (bicyclic) bond motifs is 1. The first-order valence-electron chi connectivity index (χ1n) is 9.45. The number of nitrogens with two attached hydrogens (primary N) is 1. The van der Waals surface area contributed by atoms with Gasteiger partial charge in [0.15, 0.2) is 10.8 Å². The second kappa shape index (κ2) is 9.33. The van der Waals surface area contributed by atoms with E-state index in [9.17, 15) is 19.5 Å². The van der Waals surface area contributed by atoms with Crippen LogP contribution in [0.25, 0.3) is 6.08 Å². The van der Waals surface area contributed by atoms with E-state index in [0.717, 1.165) is 21.2 Å². The summed E-state index contributed by atoms with van der Waals surface area (Å²) in [5.41, 5.74) is 6.13. The summed E-state index contributed by atoms with van der Waals surface area (Å²) >= 11 is 3.97. The summed E-state index contributed by atoms with van der Waals surface area (Å²) in [6, 6.07) is -0.912. The van der Waals surface area contributed by atoms with E-state index in [-0.39, 0.29) is 22.2 Å². The molecular weight excluding hydrogens is 488 g/mol. The number of rotatable bonds is 7. The molecule has 0 radical (unpaired) electrons. The van der Waals surface area contributed by atoms with Gasteiger partial charge in [-0.05, 0) is 18.6 Å². The Kier molecular flexibility index (Phi) is 6.49. The Bertz CT molecular complexity index is 1220. The maximum absolute atomic E-state index is 12.9. The zero-order valence-corrected chi connectivity index (χ0v) is 19.8. The number of carbonyl (C=O) groups is 3. The molecule has 1 unspecified atom stereocenters. The minimum atomic E-state index is -1.21. The molecule has 0 saturated carbocycles. The lowest BCUT2D eigenvalue weighted by Gasteiger charge is -2.49. The van der Waals surface area contributed by atoms with Gasteiger partial charge in [0.1, 0.15) is 29.9 Å². The molecule has 2 aliphatic heterocycles. The second-order valence-electron chi connectivity index (χ2n) is 6.85. The van der Waals surface area contributed by atoms with E-state index in [1.165, 1.54) is 35.1 Å². The largest absolute Gasteiger partial charge is 0.477 e. The van der Waals surface area contributed by atoms with Crippen LogP contribution in [0.1, 0.15) is 15.6 Å². The van der Waals surface area contributed by atoms with Crippen LogP contribution in [0.3, 0.4) is 0 Å². The summed E-state index contributed by atoms with van der Waals surface area (Å²) < 4.78 is 0. The van der Waals surface area contributed by atoms with E-state index in [1.807, 2.05) is 6.92 Å². The highest BCUT2D eigenvalue weighted by Crippen LogP contribution is 2.41. The number of nitrogen functional groups attached to an aromatic ring is 1. The number of anilines is 1. The number of aliphatic carboxylic acids is 1. The molecule has 0 aromatic carbocycles. The number of aromatic nitrogens is 2. The number of amides is 2. The number of allylic oxidation sites excluding steroid dienone is 1. The summed E-state index contributed by atoms with van der Waals surface area (Å²) in [7, 11) is 1.28. The van der Waals surface area contributed by atoms with Crippen molar-refractivity contribution in [3.05, 3.63) is 44.5 Å². The third-order valence-corrected chi connectivity index (χ3v) is 7.59. The van der Waals surface area contributed by atoms with E-state index in [0.29, 0.717) is 11.3 Å². The molecule has 2 atom stereocenters. The highest BCUT2D eigenvalue weighted by atomic mass is 32.2. The summed E-state index contributed by atoms with van der Waals surface area (Å²) in [5, 5.41) is 18.2. The molecule has 11 nitrogen and oxygen atoms in total. The van der Waals surface area contributed by atoms with Gasteiger partial charge < -0.3 is 21.0 Å². The topological polar surface area (TPSA) is 160 Å². The van der Waals surface area contributed by atoms with Gasteiger partial charge in [0.05, 0.1) is 5.01 Å². The van der Waals surface area contributed by atoms with Gasteiger partial charge in [-0.2, -0.15) is 0 Å². The Balaban J connectivity index is 1.53. The predicted molar refractivity (Wildman–Crippen MR) is 126 cm³/mol. The zero-order chi connectivity index (χ0) is 23.7. The van der Waals surface area contributed by atoms with Gasteiger partial charge in [0.2, 0.25) is 0 Å². The van der Waals surface area contributed by atoms with Crippen molar-refractivity contribution < 1.29 is 24.3 Å². The quantitative estimate of drug-likeness (QED) is 0.286. The molecule has 1 fully saturated rings. The van der Waals surface area contributed by atoms with Crippen molar-refractivity contribution in [1.29, 1.82) is 0 Å². The molecule has 2 aromatic heterocycles. The van der Waals surface area contributed by atoms with Gasteiger partial charge in [0.25, 0.3) is 11.8 Å². The van der Waals surface area contributed by atoms with Crippen molar-refractivity contribution >= 4 is 69.1 Å². The zero-order valence-electron chi connectivity index (χ0n) is 17.3. The number of carbonyl (C=O) groups excluding carboxylic acids is 2. The van der Waals surface area contributed by atoms with Crippen molar-refractivity contribution in [2.75, 3.05) is 18.6 Å². The molecule has 4 heterocycles. The van der Waals surface area contributed by atoms with E-state index in [2.05, 4.69) is 20.4 Å². The summed E-state index contributed by atoms with van der Waals surface area (Å²) in [5.74, 6) is -2.05. The van der Waals surface area contributed by atoms with Crippen LogP contribution < -0.4 is 11.1 Å². The number of aryl methyl sites for hydroxylation is 1. The van der Waals surface area contributed by atoms with Gasteiger partial charge in [-0.25, -0.2) is 14.8 Å². The fourth-order valence-electron chi connectivity index (χ4n) is 3.31. The molecule has 0 bridgehead atoms. The Hall–Kier alpha value is -3.23. The third kappa shape index (κ3) is 4.49. The minimum Gasteiger partial charge on any atom is -0.477 e. The molecule has 0 aliphatic carbocycles. The highest BCUT2D eigenvalue weighted by molar-refractivity contribution is 8.00. The summed E-state index contributed by atoms with van der Waals surface area (Å²) in [4.78, 5) is 52.6. The molecular formula is C19H18N6O5S3.